The number of alkyl carbamates (subject to hydrolysis) is 1. The van der Waals surface area contributed by atoms with Crippen LogP contribution in [0.1, 0.15) is 42.0 Å². The van der Waals surface area contributed by atoms with E-state index in [1.54, 1.807) is 30.3 Å². The van der Waals surface area contributed by atoms with E-state index in [0.717, 1.165) is 27.2 Å². The number of hydrogen-bond donors (Lipinski definition) is 2. The van der Waals surface area contributed by atoms with Gasteiger partial charge in [-0.25, -0.2) is 14.5 Å². The van der Waals surface area contributed by atoms with Crippen molar-refractivity contribution in [3.8, 4) is 0 Å². The van der Waals surface area contributed by atoms with E-state index in [-0.39, 0.29) is 51.5 Å². The Morgan fingerprint density at radius 2 is 1.25 bits per heavy atom. The Balaban J connectivity index is 1.17. The first-order chi connectivity index (χ1) is 27.6. The summed E-state index contributed by atoms with van der Waals surface area (Å²) in [5.41, 5.74) is 3.63. The highest BCUT2D eigenvalue weighted by Gasteiger charge is 2.49. The molecule has 5 rings (SSSR count). The van der Waals surface area contributed by atoms with Crippen LogP contribution in [0.15, 0.2) is 115 Å². The first-order valence-electron chi connectivity index (χ1n) is 18.5. The predicted molar refractivity (Wildman–Crippen MR) is 208 cm³/mol. The number of para-hydroxylation sites is 1. The van der Waals surface area contributed by atoms with Crippen molar-refractivity contribution in [2.75, 3.05) is 25.2 Å². The summed E-state index contributed by atoms with van der Waals surface area (Å²) in [6.07, 6.45) is -3.35. The molecule has 14 heteroatoms. The molecule has 57 heavy (non-hydrogen) atoms. The van der Waals surface area contributed by atoms with Gasteiger partial charge in [0.2, 0.25) is 11.8 Å². The summed E-state index contributed by atoms with van der Waals surface area (Å²) in [6.45, 7) is 1.55. The molecule has 14 nitrogen and oxygen atoms in total. The lowest BCUT2D eigenvalue weighted by atomic mass is 9.92. The van der Waals surface area contributed by atoms with Crippen molar-refractivity contribution in [2.24, 2.45) is 5.92 Å². The van der Waals surface area contributed by atoms with Crippen LogP contribution >= 0.6 is 0 Å². The Kier molecular flexibility index (Phi) is 15.3. The van der Waals surface area contributed by atoms with Crippen LogP contribution in [0.3, 0.4) is 0 Å². The molecule has 1 saturated heterocycles. The average Bonchev–Trinajstić information content (AvgIpc) is 3.22. The molecule has 1 aliphatic heterocycles. The van der Waals surface area contributed by atoms with Crippen molar-refractivity contribution in [3.63, 3.8) is 0 Å². The maximum absolute atomic E-state index is 14.2. The Morgan fingerprint density at radius 1 is 0.684 bits per heavy atom. The van der Waals surface area contributed by atoms with Crippen molar-refractivity contribution >= 4 is 41.6 Å². The fourth-order valence-electron chi connectivity index (χ4n) is 6.10. The summed E-state index contributed by atoms with van der Waals surface area (Å²) in [6, 6.07) is 33.7. The summed E-state index contributed by atoms with van der Waals surface area (Å²) >= 11 is 0. The Labute approximate surface area is 331 Å². The quantitative estimate of drug-likeness (QED) is 0.100. The fraction of sp³-hybridized carbons (Fsp3) is 0.302. The number of ether oxygens (including phenoxy) is 4. The van der Waals surface area contributed by atoms with Crippen LogP contribution in [0.4, 0.5) is 15.3 Å². The van der Waals surface area contributed by atoms with Gasteiger partial charge < -0.3 is 29.6 Å². The van der Waals surface area contributed by atoms with E-state index in [1.165, 1.54) is 18.9 Å². The number of benzene rings is 4. The van der Waals surface area contributed by atoms with Gasteiger partial charge in [-0.15, -0.1) is 0 Å². The molecule has 0 aliphatic carbocycles. The number of nitrogens with one attached hydrogen (secondary N) is 2. The third-order valence-corrected chi connectivity index (χ3v) is 9.05. The lowest BCUT2D eigenvalue weighted by Gasteiger charge is -2.44. The summed E-state index contributed by atoms with van der Waals surface area (Å²) < 4.78 is 21.8. The number of imide groups is 1. The zero-order chi connectivity index (χ0) is 40.6. The average molecular weight is 779 g/mol. The third-order valence-electron chi connectivity index (χ3n) is 9.05. The lowest BCUT2D eigenvalue weighted by Crippen LogP contribution is -2.63. The van der Waals surface area contributed by atoms with Gasteiger partial charge in [0, 0.05) is 27.1 Å². The number of anilines is 1. The molecule has 1 heterocycles. The highest BCUT2D eigenvalue weighted by Crippen LogP contribution is 2.32. The summed E-state index contributed by atoms with van der Waals surface area (Å²) in [5.74, 6) is -3.17. The normalized spacial score (nSPS) is 15.7. The summed E-state index contributed by atoms with van der Waals surface area (Å²) in [7, 11) is 1.37. The molecule has 3 atom stereocenters. The van der Waals surface area contributed by atoms with E-state index in [0.29, 0.717) is 12.2 Å². The molecule has 4 aromatic rings. The number of nitrogens with zero attached hydrogens (tertiary/aromatic N) is 2. The number of amides is 5. The molecule has 0 spiro atoms. The molecular weight excluding hydrogens is 732 g/mol. The van der Waals surface area contributed by atoms with Gasteiger partial charge in [0.1, 0.15) is 19.3 Å². The molecule has 0 bridgehead atoms. The van der Waals surface area contributed by atoms with Crippen LogP contribution in [0.5, 0.6) is 0 Å². The van der Waals surface area contributed by atoms with E-state index in [1.807, 2.05) is 84.9 Å². The van der Waals surface area contributed by atoms with Crippen molar-refractivity contribution < 1.29 is 47.7 Å². The molecule has 1 fully saturated rings. The first-order valence-corrected chi connectivity index (χ1v) is 18.5. The van der Waals surface area contributed by atoms with Crippen LogP contribution in [0.2, 0.25) is 0 Å². The number of carbonyl (C=O) groups is 6. The van der Waals surface area contributed by atoms with Gasteiger partial charge in [-0.05, 0) is 40.8 Å². The molecule has 1 aliphatic rings. The molecule has 5 amide bonds. The second-order valence-electron chi connectivity index (χ2n) is 13.3. The van der Waals surface area contributed by atoms with Gasteiger partial charge in [-0.1, -0.05) is 103 Å². The number of methoxy groups -OCH3 is 1. The van der Waals surface area contributed by atoms with Crippen molar-refractivity contribution in [1.82, 2.24) is 15.5 Å². The SMILES string of the molecule is COC(COC(=O)CCC(=O)OC1C(Cc2ccccc2)C(=O)N(c2ccccc2)C(=O)N1Cc1ccccc1)COC(=O)NCc1cccc(CNC(C)=O)c1. The van der Waals surface area contributed by atoms with E-state index in [9.17, 15) is 28.8 Å². The highest BCUT2D eigenvalue weighted by atomic mass is 16.6. The Bertz CT molecular complexity index is 1920. The summed E-state index contributed by atoms with van der Waals surface area (Å²) in [5, 5.41) is 5.36. The minimum atomic E-state index is -1.28. The maximum atomic E-state index is 14.2. The van der Waals surface area contributed by atoms with E-state index >= 15 is 0 Å². The van der Waals surface area contributed by atoms with Crippen molar-refractivity contribution in [3.05, 3.63) is 138 Å². The molecule has 3 unspecified atom stereocenters. The predicted octanol–water partition coefficient (Wildman–Crippen LogP) is 5.28. The third kappa shape index (κ3) is 12.5. The number of carbonyl (C=O) groups excluding carboxylic acids is 6. The van der Waals surface area contributed by atoms with E-state index < -0.39 is 48.2 Å². The fourth-order valence-corrected chi connectivity index (χ4v) is 6.10. The number of esters is 2. The zero-order valence-electron chi connectivity index (χ0n) is 31.8. The maximum Gasteiger partial charge on any atom is 0.407 e. The van der Waals surface area contributed by atoms with Gasteiger partial charge in [-0.2, -0.15) is 0 Å². The number of urea groups is 1. The molecule has 0 radical (unpaired) electrons. The summed E-state index contributed by atoms with van der Waals surface area (Å²) in [4.78, 5) is 80.5. The minimum absolute atomic E-state index is 0.0488. The van der Waals surface area contributed by atoms with Crippen molar-refractivity contribution in [2.45, 2.75) is 58.2 Å². The smallest absolute Gasteiger partial charge is 0.407 e. The van der Waals surface area contributed by atoms with Crippen LogP contribution in [0, 0.1) is 5.92 Å². The molecule has 0 aromatic heterocycles. The topological polar surface area (TPSA) is 170 Å². The van der Waals surface area contributed by atoms with Crippen LogP contribution in [0.25, 0.3) is 0 Å². The largest absolute Gasteiger partial charge is 0.463 e. The highest BCUT2D eigenvalue weighted by molar-refractivity contribution is 6.17. The lowest BCUT2D eigenvalue weighted by molar-refractivity contribution is -0.168. The molecular formula is C43H46N4O10. The molecule has 298 valence electrons. The minimum Gasteiger partial charge on any atom is -0.463 e. The van der Waals surface area contributed by atoms with E-state index in [4.69, 9.17) is 18.9 Å². The standard InChI is InChI=1S/C43H46N4O10/c1-30(48)44-25-33-17-12-18-34(23-33)26-45-42(52)56-29-36(54-2)28-55-38(49)21-22-39(50)57-41-37(24-31-13-6-3-7-14-31)40(51)47(35-19-10-5-11-20-35)43(53)46(41)27-32-15-8-4-9-16-32/h3-20,23,36-37,41H,21-22,24-29H2,1-2H3,(H,44,48)(H,45,52). The molecule has 2 N–H and O–H groups in total. The van der Waals surface area contributed by atoms with Crippen LogP contribution in [-0.2, 0) is 64.2 Å². The molecule has 4 aromatic carbocycles. The van der Waals surface area contributed by atoms with Crippen molar-refractivity contribution in [1.29, 1.82) is 0 Å². The zero-order valence-corrected chi connectivity index (χ0v) is 31.8. The second-order valence-corrected chi connectivity index (χ2v) is 13.3. The van der Waals surface area contributed by atoms with Gasteiger partial charge >= 0.3 is 24.1 Å². The monoisotopic (exact) mass is 778 g/mol. The van der Waals surface area contributed by atoms with Gasteiger partial charge in [-0.3, -0.25) is 24.1 Å². The van der Waals surface area contributed by atoms with Gasteiger partial charge in [0.25, 0.3) is 0 Å². The van der Waals surface area contributed by atoms with Gasteiger partial charge in [0.15, 0.2) is 6.23 Å². The molecule has 0 saturated carbocycles. The van der Waals surface area contributed by atoms with E-state index in [2.05, 4.69) is 10.6 Å². The number of hydrogen-bond acceptors (Lipinski definition) is 10. The first kappa shape index (κ1) is 41.6. The Hall–Kier alpha value is -6.54. The Morgan fingerprint density at radius 3 is 1.88 bits per heavy atom. The number of rotatable bonds is 18. The van der Waals surface area contributed by atoms with Crippen LogP contribution in [-0.4, -0.2) is 73.4 Å². The second kappa shape index (κ2) is 20.9. The van der Waals surface area contributed by atoms with Gasteiger partial charge in [0.05, 0.1) is 31.0 Å². The van der Waals surface area contributed by atoms with Crippen LogP contribution < -0.4 is 15.5 Å².